The monoisotopic (exact) mass is 311 g/mol. The summed E-state index contributed by atoms with van der Waals surface area (Å²) in [6.07, 6.45) is 8.34. The summed E-state index contributed by atoms with van der Waals surface area (Å²) in [4.78, 5) is 2.68. The molecule has 1 unspecified atom stereocenters. The number of phenolic OH excluding ortho intramolecular Hbond substituents is 2. The van der Waals surface area contributed by atoms with E-state index in [1.54, 1.807) is 12.1 Å². The second-order valence-electron chi connectivity index (χ2n) is 6.45. The topological polar surface area (TPSA) is 43.7 Å². The summed E-state index contributed by atoms with van der Waals surface area (Å²) in [5.74, 6) is 0.0485. The highest BCUT2D eigenvalue weighted by Crippen LogP contribution is 2.42. The van der Waals surface area contributed by atoms with Crippen LogP contribution in [0, 0.1) is 0 Å². The average molecular weight is 312 g/mol. The summed E-state index contributed by atoms with van der Waals surface area (Å²) in [5, 5.41) is 19.4. The molecule has 0 radical (unpaired) electrons. The maximum absolute atomic E-state index is 9.77. The molecule has 1 aromatic carbocycles. The van der Waals surface area contributed by atoms with Crippen LogP contribution in [0.25, 0.3) is 0 Å². The van der Waals surface area contributed by atoms with Crippen molar-refractivity contribution in [1.82, 2.24) is 4.90 Å². The van der Waals surface area contributed by atoms with Gasteiger partial charge in [0.1, 0.15) is 0 Å². The molecule has 1 saturated heterocycles. The number of likely N-dealkylation sites (tertiary alicyclic amines) is 1. The smallest absolute Gasteiger partial charge is 0.157 e. The van der Waals surface area contributed by atoms with Crippen LogP contribution in [-0.2, 0) is 12.8 Å². The third-order valence-electron chi connectivity index (χ3n) is 5.16. The van der Waals surface area contributed by atoms with Gasteiger partial charge in [0.25, 0.3) is 0 Å². The van der Waals surface area contributed by atoms with Crippen molar-refractivity contribution in [2.45, 2.75) is 57.4 Å². The van der Waals surface area contributed by atoms with Crippen molar-refractivity contribution in [2.24, 2.45) is 0 Å². The first-order chi connectivity index (χ1) is 9.64. The Labute approximate surface area is 133 Å². The predicted molar refractivity (Wildman–Crippen MR) is 87.5 cm³/mol. The number of halogens is 1. The molecule has 1 aliphatic heterocycles. The van der Waals surface area contributed by atoms with E-state index in [4.69, 9.17) is 0 Å². The van der Waals surface area contributed by atoms with Crippen molar-refractivity contribution in [2.75, 3.05) is 13.1 Å². The molecule has 0 amide bonds. The number of fused-ring (bicyclic) bond motifs is 1. The maximum Gasteiger partial charge on any atom is 0.157 e. The van der Waals surface area contributed by atoms with Crippen LogP contribution in [0.5, 0.6) is 11.5 Å². The molecular weight excluding hydrogens is 286 g/mol. The Morgan fingerprint density at radius 2 is 1.81 bits per heavy atom. The zero-order valence-corrected chi connectivity index (χ0v) is 13.6. The molecule has 1 aromatic rings. The first-order valence-electron chi connectivity index (χ1n) is 7.93. The van der Waals surface area contributed by atoms with Gasteiger partial charge in [0.15, 0.2) is 11.5 Å². The molecule has 3 nitrogen and oxygen atoms in total. The molecule has 2 N–H and O–H groups in total. The highest BCUT2D eigenvalue weighted by Gasteiger charge is 2.40. The van der Waals surface area contributed by atoms with Gasteiger partial charge in [-0.2, -0.15) is 0 Å². The molecule has 0 saturated carbocycles. The summed E-state index contributed by atoms with van der Waals surface area (Å²) in [6.45, 7) is 4.65. The quantitative estimate of drug-likeness (QED) is 0.820. The summed E-state index contributed by atoms with van der Waals surface area (Å²) in [5.41, 5.74) is 2.74. The lowest BCUT2D eigenvalue weighted by Crippen LogP contribution is -2.55. The van der Waals surface area contributed by atoms with Gasteiger partial charge in [-0.3, -0.25) is 4.90 Å². The van der Waals surface area contributed by atoms with E-state index in [0.717, 1.165) is 12.8 Å². The zero-order chi connectivity index (χ0) is 14.2. The third kappa shape index (κ3) is 3.00. The van der Waals surface area contributed by atoms with Gasteiger partial charge in [-0.05, 0) is 74.9 Å². The van der Waals surface area contributed by atoms with Crippen molar-refractivity contribution in [3.8, 4) is 11.5 Å². The lowest BCUT2D eigenvalue weighted by atomic mass is 9.72. The van der Waals surface area contributed by atoms with Crippen LogP contribution in [0.2, 0.25) is 0 Å². The second-order valence-corrected chi connectivity index (χ2v) is 6.45. The van der Waals surface area contributed by atoms with Gasteiger partial charge in [0.05, 0.1) is 0 Å². The van der Waals surface area contributed by atoms with Gasteiger partial charge in [0, 0.05) is 5.54 Å². The largest absolute Gasteiger partial charge is 0.504 e. The number of benzene rings is 1. The molecule has 3 rings (SSSR count). The number of rotatable bonds is 2. The number of hydrogen-bond donors (Lipinski definition) is 2. The van der Waals surface area contributed by atoms with E-state index in [-0.39, 0.29) is 23.9 Å². The number of nitrogens with zero attached hydrogens (tertiary/aromatic N) is 1. The fourth-order valence-corrected chi connectivity index (χ4v) is 4.13. The first-order valence-corrected chi connectivity index (χ1v) is 7.93. The van der Waals surface area contributed by atoms with Crippen LogP contribution in [0.1, 0.15) is 50.2 Å². The molecule has 21 heavy (non-hydrogen) atoms. The molecule has 0 aromatic heterocycles. The summed E-state index contributed by atoms with van der Waals surface area (Å²) >= 11 is 0. The molecule has 1 fully saturated rings. The Morgan fingerprint density at radius 1 is 1.10 bits per heavy atom. The van der Waals surface area contributed by atoms with Crippen LogP contribution >= 0.6 is 12.4 Å². The maximum atomic E-state index is 9.77. The van der Waals surface area contributed by atoms with Gasteiger partial charge in [-0.15, -0.1) is 12.4 Å². The van der Waals surface area contributed by atoms with Crippen LogP contribution in [0.15, 0.2) is 12.1 Å². The Morgan fingerprint density at radius 3 is 2.52 bits per heavy atom. The van der Waals surface area contributed by atoms with Crippen LogP contribution < -0.4 is 0 Å². The molecule has 1 atom stereocenters. The second kappa shape index (κ2) is 6.45. The number of piperidine rings is 1. The van der Waals surface area contributed by atoms with Crippen LogP contribution in [-0.4, -0.2) is 33.7 Å². The SMILES string of the molecule is CCCN1CCCCC12CCc1cc(O)c(O)cc1C2.Cl. The minimum Gasteiger partial charge on any atom is -0.504 e. The van der Waals surface area contributed by atoms with Gasteiger partial charge in [-0.25, -0.2) is 0 Å². The normalized spacial score (nSPS) is 25.4. The Kier molecular flexibility index (Phi) is 5.05. The van der Waals surface area contributed by atoms with Gasteiger partial charge < -0.3 is 10.2 Å². The summed E-state index contributed by atoms with van der Waals surface area (Å²) in [6, 6.07) is 3.54. The Hall–Kier alpha value is -0.930. The molecule has 2 aliphatic rings. The van der Waals surface area contributed by atoms with Crippen molar-refractivity contribution < 1.29 is 10.2 Å². The van der Waals surface area contributed by atoms with Gasteiger partial charge in [-0.1, -0.05) is 13.3 Å². The Balaban J connectivity index is 0.00000161. The van der Waals surface area contributed by atoms with E-state index in [1.165, 1.54) is 56.3 Å². The lowest BCUT2D eigenvalue weighted by Gasteiger charge is -2.50. The third-order valence-corrected chi connectivity index (χ3v) is 5.16. The average Bonchev–Trinajstić information content (AvgIpc) is 2.44. The number of hydrogen-bond acceptors (Lipinski definition) is 3. The standard InChI is InChI=1S/C17H25NO2.ClH/c1-2-8-18-9-4-3-6-17(18)7-5-13-10-15(19)16(20)11-14(13)12-17;/h10-11,19-20H,2-9,12H2,1H3;1H. The molecule has 1 aliphatic carbocycles. The van der Waals surface area contributed by atoms with Crippen LogP contribution in [0.3, 0.4) is 0 Å². The minimum absolute atomic E-state index is 0. The molecular formula is C17H26ClNO2. The fraction of sp³-hybridized carbons (Fsp3) is 0.647. The molecule has 0 bridgehead atoms. The first kappa shape index (κ1) is 16.4. The Bertz CT molecular complexity index is 504. The fourth-order valence-electron chi connectivity index (χ4n) is 4.13. The lowest BCUT2D eigenvalue weighted by molar-refractivity contribution is 0.0340. The molecule has 4 heteroatoms. The summed E-state index contributed by atoms with van der Waals surface area (Å²) < 4.78 is 0. The van der Waals surface area contributed by atoms with Crippen LogP contribution in [0.4, 0.5) is 0 Å². The van der Waals surface area contributed by atoms with Crippen molar-refractivity contribution in [3.05, 3.63) is 23.3 Å². The highest BCUT2D eigenvalue weighted by atomic mass is 35.5. The molecule has 118 valence electrons. The van der Waals surface area contributed by atoms with E-state index in [9.17, 15) is 10.2 Å². The molecule has 1 spiro atoms. The van der Waals surface area contributed by atoms with E-state index in [0.29, 0.717) is 5.54 Å². The number of aryl methyl sites for hydroxylation is 1. The highest BCUT2D eigenvalue weighted by molar-refractivity contribution is 5.85. The van der Waals surface area contributed by atoms with Crippen molar-refractivity contribution >= 4 is 12.4 Å². The summed E-state index contributed by atoms with van der Waals surface area (Å²) in [7, 11) is 0. The van der Waals surface area contributed by atoms with Gasteiger partial charge in [0.2, 0.25) is 0 Å². The minimum atomic E-state index is 0. The number of phenols is 2. The van der Waals surface area contributed by atoms with E-state index < -0.39 is 0 Å². The van der Waals surface area contributed by atoms with Crippen molar-refractivity contribution in [3.63, 3.8) is 0 Å². The zero-order valence-electron chi connectivity index (χ0n) is 12.8. The predicted octanol–water partition coefficient (Wildman–Crippen LogP) is 3.64. The van der Waals surface area contributed by atoms with E-state index in [1.807, 2.05) is 0 Å². The van der Waals surface area contributed by atoms with Crippen molar-refractivity contribution in [1.29, 1.82) is 0 Å². The van der Waals surface area contributed by atoms with Gasteiger partial charge >= 0.3 is 0 Å². The van der Waals surface area contributed by atoms with E-state index in [2.05, 4.69) is 11.8 Å². The number of aromatic hydroxyl groups is 2. The van der Waals surface area contributed by atoms with E-state index >= 15 is 0 Å². The molecule has 1 heterocycles.